The second kappa shape index (κ2) is 7.93. The molecule has 0 amide bonds. The molecule has 1 aromatic heterocycles. The van der Waals surface area contributed by atoms with Crippen LogP contribution in [0.25, 0.3) is 5.70 Å². The summed E-state index contributed by atoms with van der Waals surface area (Å²) < 4.78 is 7.36. The summed E-state index contributed by atoms with van der Waals surface area (Å²) in [4.78, 5) is 15.0. The minimum atomic E-state index is -0.993. The predicted molar refractivity (Wildman–Crippen MR) is 96.2 cm³/mol. The molecule has 0 aliphatic carbocycles. The number of carboxylic acid groups (broad SMARTS) is 1. The molecule has 132 valence electrons. The number of benzene rings is 1. The van der Waals surface area contributed by atoms with Crippen molar-refractivity contribution in [1.29, 1.82) is 0 Å². The van der Waals surface area contributed by atoms with Gasteiger partial charge in [-0.05, 0) is 30.4 Å². The van der Waals surface area contributed by atoms with Gasteiger partial charge in [0.25, 0.3) is 0 Å². The Morgan fingerprint density at radius 1 is 1.46 bits per heavy atom. The molecule has 26 heavy (non-hydrogen) atoms. The quantitative estimate of drug-likeness (QED) is 0.742. The summed E-state index contributed by atoms with van der Waals surface area (Å²) in [6.45, 7) is 3.69. The maximum Gasteiger partial charge on any atom is 0.335 e. The summed E-state index contributed by atoms with van der Waals surface area (Å²) >= 11 is 0. The molecule has 2 N–H and O–H groups in total. The molecule has 8 nitrogen and oxygen atoms in total. The van der Waals surface area contributed by atoms with E-state index in [1.165, 1.54) is 18.5 Å². The second-order valence-corrected chi connectivity index (χ2v) is 5.34. The summed E-state index contributed by atoms with van der Waals surface area (Å²) in [5, 5.41) is 17.3. The smallest absolute Gasteiger partial charge is 0.335 e. The number of nitrogens with zero attached hydrogens (tertiary/aromatic N) is 4. The Labute approximate surface area is 149 Å². The van der Waals surface area contributed by atoms with Gasteiger partial charge in [-0.15, -0.1) is 5.10 Å². The zero-order valence-corrected chi connectivity index (χ0v) is 13.8. The molecule has 0 fully saturated rings. The summed E-state index contributed by atoms with van der Waals surface area (Å²) in [5.41, 5.74) is 4.49. The number of hydrazone groups is 1. The molecule has 1 atom stereocenters. The van der Waals surface area contributed by atoms with E-state index >= 15 is 0 Å². The summed E-state index contributed by atoms with van der Waals surface area (Å²) in [6.07, 6.45) is 10.5. The minimum absolute atomic E-state index is 0.184. The monoisotopic (exact) mass is 351 g/mol. The zero-order chi connectivity index (χ0) is 18.4. The SMILES string of the molecule is C=C/C=C(\C=C/CC1NN=C(c2cccc(C(=O)O)c2)O1)n1cncn1. The van der Waals surface area contributed by atoms with Crippen LogP contribution in [0.2, 0.25) is 0 Å². The first-order chi connectivity index (χ1) is 12.7. The number of hydrogen-bond acceptors (Lipinski definition) is 6. The highest BCUT2D eigenvalue weighted by atomic mass is 16.5. The van der Waals surface area contributed by atoms with Crippen molar-refractivity contribution >= 4 is 17.6 Å². The molecule has 1 aliphatic rings. The molecule has 2 heterocycles. The van der Waals surface area contributed by atoms with E-state index in [1.54, 1.807) is 29.2 Å². The van der Waals surface area contributed by atoms with Gasteiger partial charge in [-0.25, -0.2) is 14.5 Å². The van der Waals surface area contributed by atoms with Gasteiger partial charge in [0, 0.05) is 12.0 Å². The van der Waals surface area contributed by atoms with Crippen molar-refractivity contribution in [2.24, 2.45) is 5.10 Å². The number of carbonyl (C=O) groups is 1. The largest absolute Gasteiger partial charge is 0.478 e. The van der Waals surface area contributed by atoms with E-state index in [9.17, 15) is 4.79 Å². The Balaban J connectivity index is 1.60. The third-order valence-corrected chi connectivity index (χ3v) is 3.53. The standard InChI is InChI=1S/C18H17N5O3/c1-2-5-15(23-12-19-11-20-23)8-4-9-16-21-22-17(26-16)13-6-3-7-14(10-13)18(24)25/h2-8,10-12,16,21H,1,9H2,(H,24,25)/b8-4-,15-5+. The number of hydrogen-bond donors (Lipinski definition) is 2. The van der Waals surface area contributed by atoms with Crippen molar-refractivity contribution in [2.75, 3.05) is 0 Å². The highest BCUT2D eigenvalue weighted by molar-refractivity contribution is 5.97. The van der Waals surface area contributed by atoms with Crippen LogP contribution in [-0.2, 0) is 4.74 Å². The van der Waals surface area contributed by atoms with Gasteiger partial charge in [-0.3, -0.25) is 5.43 Å². The Bertz CT molecular complexity index is 884. The molecule has 2 aromatic rings. The zero-order valence-electron chi connectivity index (χ0n) is 13.8. The molecule has 3 rings (SSSR count). The third kappa shape index (κ3) is 4.04. The Morgan fingerprint density at radius 2 is 2.35 bits per heavy atom. The van der Waals surface area contributed by atoms with Gasteiger partial charge >= 0.3 is 5.97 Å². The second-order valence-electron chi connectivity index (χ2n) is 5.34. The number of carboxylic acids is 1. The third-order valence-electron chi connectivity index (χ3n) is 3.53. The van der Waals surface area contributed by atoms with Crippen LogP contribution >= 0.6 is 0 Å². The first kappa shape index (κ1) is 17.2. The molecule has 8 heteroatoms. The first-order valence-corrected chi connectivity index (χ1v) is 7.85. The van der Waals surface area contributed by atoms with Crippen LogP contribution in [0.3, 0.4) is 0 Å². The van der Waals surface area contributed by atoms with Crippen molar-refractivity contribution in [3.63, 3.8) is 0 Å². The average Bonchev–Trinajstić information content (AvgIpc) is 3.33. The Hall–Kier alpha value is -3.68. The normalized spacial score (nSPS) is 16.8. The molecule has 0 spiro atoms. The summed E-state index contributed by atoms with van der Waals surface area (Å²) in [6, 6.07) is 6.45. The average molecular weight is 351 g/mol. The van der Waals surface area contributed by atoms with Crippen molar-refractivity contribution < 1.29 is 14.6 Å². The Kier molecular flexibility index (Phi) is 5.23. The number of ether oxygens (including phenoxy) is 1. The van der Waals surface area contributed by atoms with Crippen LogP contribution in [0, 0.1) is 0 Å². The molecule has 1 unspecified atom stereocenters. The van der Waals surface area contributed by atoms with Crippen LogP contribution in [0.15, 0.2) is 72.9 Å². The van der Waals surface area contributed by atoms with Gasteiger partial charge in [-0.1, -0.05) is 24.8 Å². The van der Waals surface area contributed by atoms with Gasteiger partial charge in [0.1, 0.15) is 12.7 Å². The lowest BCUT2D eigenvalue weighted by Crippen LogP contribution is -2.20. The number of aromatic nitrogens is 3. The lowest BCUT2D eigenvalue weighted by molar-refractivity contribution is 0.0697. The molecule has 0 saturated heterocycles. The number of allylic oxidation sites excluding steroid dienone is 4. The van der Waals surface area contributed by atoms with E-state index in [-0.39, 0.29) is 11.8 Å². The van der Waals surface area contributed by atoms with E-state index in [2.05, 4.69) is 27.2 Å². The fourth-order valence-corrected chi connectivity index (χ4v) is 2.32. The van der Waals surface area contributed by atoms with Crippen LogP contribution in [0.4, 0.5) is 0 Å². The van der Waals surface area contributed by atoms with E-state index in [1.807, 2.05) is 18.2 Å². The van der Waals surface area contributed by atoms with Crippen molar-refractivity contribution in [2.45, 2.75) is 12.6 Å². The maximum atomic E-state index is 11.1. The lowest BCUT2D eigenvalue weighted by atomic mass is 10.1. The van der Waals surface area contributed by atoms with Crippen LogP contribution in [-0.4, -0.2) is 38.0 Å². The molecular weight excluding hydrogens is 334 g/mol. The lowest BCUT2D eigenvalue weighted by Gasteiger charge is -2.09. The fraction of sp³-hybridized carbons (Fsp3) is 0.111. The Morgan fingerprint density at radius 3 is 3.08 bits per heavy atom. The van der Waals surface area contributed by atoms with Gasteiger partial charge < -0.3 is 9.84 Å². The molecule has 1 aromatic carbocycles. The van der Waals surface area contributed by atoms with Crippen LogP contribution < -0.4 is 5.43 Å². The van der Waals surface area contributed by atoms with Gasteiger partial charge in [0.15, 0.2) is 6.23 Å². The maximum absolute atomic E-state index is 11.1. The van der Waals surface area contributed by atoms with Gasteiger partial charge in [0.05, 0.1) is 11.3 Å². The summed E-state index contributed by atoms with van der Waals surface area (Å²) in [5.74, 6) is -0.628. The fourth-order valence-electron chi connectivity index (χ4n) is 2.32. The predicted octanol–water partition coefficient (Wildman–Crippen LogP) is 2.26. The van der Waals surface area contributed by atoms with Crippen molar-refractivity contribution in [3.05, 3.63) is 78.9 Å². The van der Waals surface area contributed by atoms with Gasteiger partial charge in [0.2, 0.25) is 5.90 Å². The summed E-state index contributed by atoms with van der Waals surface area (Å²) in [7, 11) is 0. The van der Waals surface area contributed by atoms with Crippen LogP contribution in [0.1, 0.15) is 22.3 Å². The minimum Gasteiger partial charge on any atom is -0.478 e. The highest BCUT2D eigenvalue weighted by Gasteiger charge is 2.20. The number of aromatic carboxylic acids is 1. The number of rotatable bonds is 7. The van der Waals surface area contributed by atoms with Gasteiger partial charge in [-0.2, -0.15) is 5.10 Å². The van der Waals surface area contributed by atoms with E-state index in [0.29, 0.717) is 17.9 Å². The molecular formula is C18H17N5O3. The molecule has 1 aliphatic heterocycles. The van der Waals surface area contributed by atoms with Crippen molar-refractivity contribution in [3.8, 4) is 0 Å². The van der Waals surface area contributed by atoms with E-state index in [4.69, 9.17) is 9.84 Å². The molecule has 0 radical (unpaired) electrons. The topological polar surface area (TPSA) is 102 Å². The first-order valence-electron chi connectivity index (χ1n) is 7.85. The number of nitrogens with one attached hydrogen (secondary N) is 1. The van der Waals surface area contributed by atoms with Crippen molar-refractivity contribution in [1.82, 2.24) is 20.2 Å². The van der Waals surface area contributed by atoms with E-state index in [0.717, 1.165) is 5.70 Å². The van der Waals surface area contributed by atoms with E-state index < -0.39 is 5.97 Å². The van der Waals surface area contributed by atoms with Crippen LogP contribution in [0.5, 0.6) is 0 Å². The molecule has 0 bridgehead atoms. The highest BCUT2D eigenvalue weighted by Crippen LogP contribution is 2.14. The molecule has 0 saturated carbocycles.